The Balaban J connectivity index is 1.30. The van der Waals surface area contributed by atoms with Crippen molar-refractivity contribution in [3.63, 3.8) is 0 Å². The predicted molar refractivity (Wildman–Crippen MR) is 191 cm³/mol. The molecule has 44 heavy (non-hydrogen) atoms. The Morgan fingerprint density at radius 3 is 0.773 bits per heavy atom. The fourth-order valence-electron chi connectivity index (χ4n) is 7.96. The highest BCUT2D eigenvalue weighted by Crippen LogP contribution is 2.62. The summed E-state index contributed by atoms with van der Waals surface area (Å²) >= 11 is 0. The molecule has 0 amide bonds. The van der Waals surface area contributed by atoms with Gasteiger partial charge in [0.2, 0.25) is 0 Å². The average Bonchev–Trinajstić information content (AvgIpc) is 3.11. The minimum atomic E-state index is -0.517. The van der Waals surface area contributed by atoms with Gasteiger partial charge in [0.25, 0.3) is 0 Å². The third-order valence-electron chi connectivity index (χ3n) is 9.80. The van der Waals surface area contributed by atoms with E-state index in [2.05, 4.69) is 170 Å². The third kappa shape index (κ3) is 5.06. The molecule has 214 valence electrons. The third-order valence-corrected chi connectivity index (χ3v) is 15.1. The average molecular weight is 603 g/mol. The van der Waals surface area contributed by atoms with Crippen molar-refractivity contribution >= 4 is 37.1 Å². The summed E-state index contributed by atoms with van der Waals surface area (Å²) in [6.45, 7) is 0. The van der Waals surface area contributed by atoms with Gasteiger partial charge in [-0.3, -0.25) is 0 Å². The predicted octanol–water partition coefficient (Wildman–Crippen LogP) is 8.78. The largest absolute Gasteiger partial charge is 0.0622 e. The number of benzene rings is 6. The highest BCUT2D eigenvalue weighted by molar-refractivity contribution is 7.73. The lowest BCUT2D eigenvalue weighted by molar-refractivity contribution is 0.279. The minimum Gasteiger partial charge on any atom is -0.0622 e. The maximum Gasteiger partial charge on any atom is 0.0130 e. The van der Waals surface area contributed by atoms with Gasteiger partial charge in [0, 0.05) is 11.8 Å². The van der Waals surface area contributed by atoms with Gasteiger partial charge in [-0.1, -0.05) is 170 Å². The van der Waals surface area contributed by atoms with E-state index in [1.165, 1.54) is 33.5 Å². The molecular weight excluding hydrogens is 566 g/mol. The van der Waals surface area contributed by atoms with Gasteiger partial charge in [-0.05, 0) is 83.5 Å². The molecule has 9 rings (SSSR count). The molecule has 6 aromatic rings. The molecule has 3 aliphatic rings. The van der Waals surface area contributed by atoms with Crippen LogP contribution in [0.25, 0.3) is 0 Å². The molecule has 6 aromatic carbocycles. The van der Waals surface area contributed by atoms with E-state index in [0.29, 0.717) is 23.7 Å². The molecule has 0 fully saturated rings. The summed E-state index contributed by atoms with van der Waals surface area (Å²) in [6.07, 6.45) is 2.40. The Labute approximate surface area is 264 Å². The van der Waals surface area contributed by atoms with Gasteiger partial charge in [0.05, 0.1) is 0 Å². The second-order valence-electron chi connectivity index (χ2n) is 12.1. The van der Waals surface area contributed by atoms with Gasteiger partial charge in [-0.25, -0.2) is 0 Å². The van der Waals surface area contributed by atoms with Gasteiger partial charge >= 0.3 is 0 Å². The Morgan fingerprint density at radius 2 is 0.523 bits per heavy atom. The maximum atomic E-state index is 2.44. The summed E-state index contributed by atoms with van der Waals surface area (Å²) in [6, 6.07) is 64.3. The standard InChI is InChI=1S/C42H36P2/c1-5-17-31(18-6-1)43(32-19-7-2-8-20-32)29-39-40(30-44(33-21-9-3-10-22-33)34-23-11-4-12-24-34)42-37-27-15-13-25-35(37)41(39)36-26-14-16-28-38(36)42/h1-28,39-42H,29-30H2/t39-,40+,41?,42?. The van der Waals surface area contributed by atoms with E-state index in [1.54, 1.807) is 22.3 Å². The van der Waals surface area contributed by atoms with Crippen LogP contribution < -0.4 is 21.2 Å². The van der Waals surface area contributed by atoms with Gasteiger partial charge in [-0.15, -0.1) is 0 Å². The van der Waals surface area contributed by atoms with E-state index in [-0.39, 0.29) is 0 Å². The summed E-state index contributed by atoms with van der Waals surface area (Å²) in [5.41, 5.74) is 6.27. The monoisotopic (exact) mass is 602 g/mol. The van der Waals surface area contributed by atoms with Gasteiger partial charge in [0.1, 0.15) is 0 Å². The molecule has 2 bridgehead atoms. The Hall–Kier alpha value is -3.82. The fraction of sp³-hybridized carbons (Fsp3) is 0.143. The molecule has 3 aliphatic carbocycles. The number of fused-ring (bicyclic) bond motifs is 1. The van der Waals surface area contributed by atoms with Crippen LogP contribution in [0, 0.1) is 11.8 Å². The van der Waals surface area contributed by atoms with E-state index < -0.39 is 15.8 Å². The van der Waals surface area contributed by atoms with Crippen molar-refractivity contribution in [1.29, 1.82) is 0 Å². The van der Waals surface area contributed by atoms with Crippen LogP contribution in [-0.4, -0.2) is 12.3 Å². The first-order chi connectivity index (χ1) is 21.9. The molecule has 0 radical (unpaired) electrons. The van der Waals surface area contributed by atoms with Crippen molar-refractivity contribution in [2.45, 2.75) is 11.8 Å². The van der Waals surface area contributed by atoms with Crippen LogP contribution in [0.5, 0.6) is 0 Å². The van der Waals surface area contributed by atoms with Crippen LogP contribution in [-0.2, 0) is 0 Å². The lowest BCUT2D eigenvalue weighted by Gasteiger charge is -2.52. The molecule has 0 N–H and O–H groups in total. The summed E-state index contributed by atoms with van der Waals surface area (Å²) in [4.78, 5) is 0. The maximum absolute atomic E-state index is 2.44. The molecule has 0 spiro atoms. The first-order valence-corrected chi connectivity index (χ1v) is 18.8. The molecule has 0 unspecified atom stereocenters. The fourth-order valence-corrected chi connectivity index (χ4v) is 13.3. The Kier molecular flexibility index (Phi) is 7.74. The summed E-state index contributed by atoms with van der Waals surface area (Å²) in [7, 11) is -1.03. The first kappa shape index (κ1) is 27.7. The van der Waals surface area contributed by atoms with E-state index in [4.69, 9.17) is 0 Å². The number of rotatable bonds is 8. The van der Waals surface area contributed by atoms with Crippen LogP contribution in [0.2, 0.25) is 0 Å². The normalized spacial score (nSPS) is 20.0. The van der Waals surface area contributed by atoms with Crippen molar-refractivity contribution in [3.05, 3.63) is 192 Å². The zero-order valence-electron chi connectivity index (χ0n) is 24.8. The number of hydrogen-bond donors (Lipinski definition) is 0. The van der Waals surface area contributed by atoms with E-state index >= 15 is 0 Å². The Bertz CT molecular complexity index is 1570. The summed E-state index contributed by atoms with van der Waals surface area (Å²) in [5, 5.41) is 5.96. The van der Waals surface area contributed by atoms with Gasteiger partial charge in [-0.2, -0.15) is 0 Å². The van der Waals surface area contributed by atoms with E-state index in [0.717, 1.165) is 0 Å². The van der Waals surface area contributed by atoms with Gasteiger partial charge < -0.3 is 0 Å². The number of hydrogen-bond acceptors (Lipinski definition) is 0. The van der Waals surface area contributed by atoms with Crippen LogP contribution >= 0.6 is 15.8 Å². The summed E-state index contributed by atoms with van der Waals surface area (Å²) in [5.74, 6) is 1.93. The van der Waals surface area contributed by atoms with Crippen LogP contribution in [0.1, 0.15) is 34.1 Å². The quantitative estimate of drug-likeness (QED) is 0.153. The van der Waals surface area contributed by atoms with Crippen LogP contribution in [0.15, 0.2) is 170 Å². The molecule has 2 atom stereocenters. The molecule has 0 aromatic heterocycles. The van der Waals surface area contributed by atoms with Crippen molar-refractivity contribution in [1.82, 2.24) is 0 Å². The zero-order chi connectivity index (χ0) is 29.3. The SMILES string of the molecule is c1ccc(P(C[C@@H]2C3c4ccccc4C(c4ccccc43)[C@@H]2CP(c2ccccc2)c2ccccc2)c2ccccc2)cc1. The lowest BCUT2D eigenvalue weighted by Crippen LogP contribution is -2.44. The van der Waals surface area contributed by atoms with Crippen molar-refractivity contribution in [2.24, 2.45) is 11.8 Å². The van der Waals surface area contributed by atoms with E-state index in [9.17, 15) is 0 Å². The summed E-state index contributed by atoms with van der Waals surface area (Å²) < 4.78 is 0. The minimum absolute atomic E-state index is 0.415. The molecule has 0 aliphatic heterocycles. The molecule has 0 nitrogen and oxygen atoms in total. The highest BCUT2D eigenvalue weighted by atomic mass is 31.1. The molecule has 0 heterocycles. The van der Waals surface area contributed by atoms with Crippen molar-refractivity contribution < 1.29 is 0 Å². The Morgan fingerprint density at radius 1 is 0.295 bits per heavy atom. The molecule has 0 saturated carbocycles. The van der Waals surface area contributed by atoms with Gasteiger partial charge in [0.15, 0.2) is 0 Å². The van der Waals surface area contributed by atoms with Crippen LogP contribution in [0.4, 0.5) is 0 Å². The molecule has 0 saturated heterocycles. The van der Waals surface area contributed by atoms with Crippen molar-refractivity contribution in [3.8, 4) is 0 Å². The van der Waals surface area contributed by atoms with Crippen molar-refractivity contribution in [2.75, 3.05) is 12.3 Å². The van der Waals surface area contributed by atoms with E-state index in [1.807, 2.05) is 0 Å². The smallest absolute Gasteiger partial charge is 0.0130 e. The molecular formula is C42H36P2. The van der Waals surface area contributed by atoms with Crippen LogP contribution in [0.3, 0.4) is 0 Å². The first-order valence-electron chi connectivity index (χ1n) is 15.8. The zero-order valence-corrected chi connectivity index (χ0v) is 26.6. The second kappa shape index (κ2) is 12.3. The second-order valence-corrected chi connectivity index (χ2v) is 16.6. The highest BCUT2D eigenvalue weighted by Gasteiger charge is 2.50. The topological polar surface area (TPSA) is 0 Å². The molecule has 2 heteroatoms. The lowest BCUT2D eigenvalue weighted by atomic mass is 9.55.